The van der Waals surface area contributed by atoms with Gasteiger partial charge in [0.05, 0.1) is 16.4 Å². The van der Waals surface area contributed by atoms with Crippen LogP contribution < -0.4 is 0 Å². The Bertz CT molecular complexity index is 1320. The molecule has 3 saturated carbocycles. The molecule has 0 heterocycles. The first-order chi connectivity index (χ1) is 18.4. The third kappa shape index (κ3) is 3.53. The van der Waals surface area contributed by atoms with Gasteiger partial charge in [0, 0.05) is 18.3 Å². The second-order valence-electron chi connectivity index (χ2n) is 15.2. The van der Waals surface area contributed by atoms with Gasteiger partial charge in [-0.05, 0) is 86.0 Å². The summed E-state index contributed by atoms with van der Waals surface area (Å²) in [6, 6.07) is 2.10. The first kappa shape index (κ1) is 28.8. The van der Waals surface area contributed by atoms with E-state index in [9.17, 15) is 29.5 Å². The lowest BCUT2D eigenvalue weighted by Gasteiger charge is -2.68. The van der Waals surface area contributed by atoms with Crippen molar-refractivity contribution in [3.05, 3.63) is 23.3 Å². The summed E-state index contributed by atoms with van der Waals surface area (Å²) in [5.74, 6) is -2.49. The van der Waals surface area contributed by atoms with Gasteiger partial charge >= 0.3 is 11.9 Å². The highest BCUT2D eigenvalue weighted by Gasteiger charge is 2.71. The van der Waals surface area contributed by atoms with E-state index in [1.807, 2.05) is 6.92 Å². The number of hydrogen-bond donors (Lipinski definition) is 1. The number of Topliss-reactive ketones (excluding diaryl/α,β-unsaturated/α-hetero) is 1. The molecule has 7 nitrogen and oxygen atoms in total. The molecule has 5 aliphatic carbocycles. The zero-order valence-corrected chi connectivity index (χ0v) is 25.0. The number of carboxylic acid groups (broad SMARTS) is 1. The Morgan fingerprint density at radius 1 is 1.05 bits per heavy atom. The minimum atomic E-state index is -1.10. The van der Waals surface area contributed by atoms with Crippen LogP contribution in [0.1, 0.15) is 93.4 Å². The maximum Gasteiger partial charge on any atom is 0.309 e. The highest BCUT2D eigenvalue weighted by Crippen LogP contribution is 2.74. The number of ketones is 2. The highest BCUT2D eigenvalue weighted by atomic mass is 16.5. The molecule has 0 spiro atoms. The average molecular weight is 550 g/mol. The van der Waals surface area contributed by atoms with Crippen molar-refractivity contribution in [2.24, 2.45) is 50.2 Å². The number of hydrogen-bond acceptors (Lipinski definition) is 6. The van der Waals surface area contributed by atoms with E-state index in [2.05, 4.69) is 33.8 Å². The topological polar surface area (TPSA) is 122 Å². The smallest absolute Gasteiger partial charge is 0.309 e. The number of carbonyl (C=O) groups excluding carboxylic acids is 3. The van der Waals surface area contributed by atoms with Crippen LogP contribution in [0, 0.1) is 61.6 Å². The first-order valence-electron chi connectivity index (χ1n) is 14.7. The minimum Gasteiger partial charge on any atom is -0.481 e. The SMILES string of the molecule is CC(=O)OC[C@]1(C)C(=O)C(C#N)=C[C@]2(C)C3=CC(=O)[C@@H]4[C@@H]5CC(C)(C)CC[C@]5(C(=O)O)CC[C@@]4(C)[C@]3(C)CC[C@H]21. The van der Waals surface area contributed by atoms with Crippen molar-refractivity contribution in [2.45, 2.75) is 93.4 Å². The molecule has 7 heteroatoms. The summed E-state index contributed by atoms with van der Waals surface area (Å²) < 4.78 is 5.40. The molecule has 0 amide bonds. The van der Waals surface area contributed by atoms with Crippen LogP contribution in [0.5, 0.6) is 0 Å². The fraction of sp³-hybridized carbons (Fsp3) is 0.727. The van der Waals surface area contributed by atoms with Crippen molar-refractivity contribution in [1.82, 2.24) is 0 Å². The van der Waals surface area contributed by atoms with Gasteiger partial charge in [0.25, 0.3) is 0 Å². The lowest BCUT2D eigenvalue weighted by atomic mass is 9.34. The molecule has 0 radical (unpaired) electrons. The summed E-state index contributed by atoms with van der Waals surface area (Å²) >= 11 is 0. The monoisotopic (exact) mass is 549 g/mol. The van der Waals surface area contributed by atoms with Crippen molar-refractivity contribution in [3.63, 3.8) is 0 Å². The van der Waals surface area contributed by atoms with E-state index in [4.69, 9.17) is 4.74 Å². The van der Waals surface area contributed by atoms with Crippen LogP contribution in [0.4, 0.5) is 0 Å². The number of nitrogens with zero attached hydrogens (tertiary/aromatic N) is 1. The van der Waals surface area contributed by atoms with Crippen molar-refractivity contribution in [1.29, 1.82) is 5.26 Å². The maximum atomic E-state index is 14.4. The van der Waals surface area contributed by atoms with E-state index >= 15 is 0 Å². The summed E-state index contributed by atoms with van der Waals surface area (Å²) in [5, 5.41) is 20.5. The standard InChI is InChI=1S/C33H43NO6/c1-19(35)40-18-30(5)23-8-9-31(6)24(29(23,4)15-20(17-34)26(30)37)14-22(36)25-21-16-28(2,3)10-12-33(21,27(38)39)13-11-32(25,31)7/h14-15,21,23,25H,8-13,16,18H2,1-7H3,(H,38,39)/t21-,23+,25-,29-,30-,31+,32+,33-/m0/s1. The van der Waals surface area contributed by atoms with Gasteiger partial charge in [-0.3, -0.25) is 19.2 Å². The van der Waals surface area contributed by atoms with Gasteiger partial charge in [0.15, 0.2) is 11.6 Å². The van der Waals surface area contributed by atoms with Crippen LogP contribution in [-0.4, -0.2) is 35.2 Å². The normalized spacial score (nSPS) is 45.4. The van der Waals surface area contributed by atoms with E-state index in [-0.39, 0.29) is 41.0 Å². The van der Waals surface area contributed by atoms with E-state index in [0.717, 1.165) is 18.4 Å². The second-order valence-corrected chi connectivity index (χ2v) is 15.2. The number of carbonyl (C=O) groups is 4. The molecule has 0 bridgehead atoms. The number of ether oxygens (including phenoxy) is 1. The molecule has 0 unspecified atom stereocenters. The fourth-order valence-electron chi connectivity index (χ4n) is 10.3. The summed E-state index contributed by atoms with van der Waals surface area (Å²) in [5.41, 5.74) is -2.70. The minimum absolute atomic E-state index is 0.0182. The number of fused-ring (bicyclic) bond motifs is 7. The predicted molar refractivity (Wildman–Crippen MR) is 147 cm³/mol. The van der Waals surface area contributed by atoms with Crippen molar-refractivity contribution in [3.8, 4) is 6.07 Å². The van der Waals surface area contributed by atoms with Crippen molar-refractivity contribution < 1.29 is 29.0 Å². The Labute approximate surface area is 237 Å². The maximum absolute atomic E-state index is 14.4. The quantitative estimate of drug-likeness (QED) is 0.439. The Morgan fingerprint density at radius 2 is 1.70 bits per heavy atom. The molecular formula is C33H43NO6. The van der Waals surface area contributed by atoms with E-state index in [1.54, 1.807) is 19.1 Å². The molecular weight excluding hydrogens is 506 g/mol. The summed E-state index contributed by atoms with van der Waals surface area (Å²) in [6.45, 7) is 13.8. The van der Waals surface area contributed by atoms with Crippen molar-refractivity contribution in [2.75, 3.05) is 6.61 Å². The third-order valence-electron chi connectivity index (χ3n) is 12.7. The molecule has 216 valence electrons. The molecule has 8 atom stereocenters. The van der Waals surface area contributed by atoms with Gasteiger partial charge in [-0.1, -0.05) is 46.3 Å². The molecule has 3 fully saturated rings. The Kier molecular flexibility index (Phi) is 6.21. The van der Waals surface area contributed by atoms with Gasteiger partial charge in [-0.15, -0.1) is 0 Å². The number of nitriles is 1. The van der Waals surface area contributed by atoms with Gasteiger partial charge < -0.3 is 9.84 Å². The number of allylic oxidation sites excluding steroid dienone is 4. The van der Waals surface area contributed by atoms with Crippen LogP contribution in [-0.2, 0) is 23.9 Å². The Balaban J connectivity index is 1.68. The summed E-state index contributed by atoms with van der Waals surface area (Å²) in [4.78, 5) is 52.6. The molecule has 0 aromatic carbocycles. The van der Waals surface area contributed by atoms with Gasteiger partial charge in [0.1, 0.15) is 12.7 Å². The first-order valence-corrected chi connectivity index (χ1v) is 14.7. The van der Waals surface area contributed by atoms with E-state index in [1.165, 1.54) is 6.92 Å². The average Bonchev–Trinajstić information content (AvgIpc) is 2.86. The van der Waals surface area contributed by atoms with Crippen LogP contribution in [0.3, 0.4) is 0 Å². The summed E-state index contributed by atoms with van der Waals surface area (Å²) in [7, 11) is 0. The fourth-order valence-corrected chi connectivity index (χ4v) is 10.3. The highest BCUT2D eigenvalue weighted by molar-refractivity contribution is 6.05. The molecule has 1 N–H and O–H groups in total. The molecule has 0 aromatic heterocycles. The number of aliphatic carboxylic acids is 1. The number of rotatable bonds is 3. The zero-order valence-electron chi connectivity index (χ0n) is 25.0. The van der Waals surface area contributed by atoms with Gasteiger partial charge in [0.2, 0.25) is 0 Å². The second kappa shape index (κ2) is 8.63. The van der Waals surface area contributed by atoms with Crippen LogP contribution in [0.25, 0.3) is 0 Å². The zero-order chi connectivity index (χ0) is 29.7. The van der Waals surface area contributed by atoms with Crippen LogP contribution in [0.2, 0.25) is 0 Å². The molecule has 5 rings (SSSR count). The molecule has 0 saturated heterocycles. The van der Waals surface area contributed by atoms with Gasteiger partial charge in [-0.25, -0.2) is 0 Å². The Morgan fingerprint density at radius 3 is 2.30 bits per heavy atom. The molecule has 40 heavy (non-hydrogen) atoms. The largest absolute Gasteiger partial charge is 0.481 e. The van der Waals surface area contributed by atoms with E-state index in [0.29, 0.717) is 32.1 Å². The van der Waals surface area contributed by atoms with Crippen molar-refractivity contribution >= 4 is 23.5 Å². The number of carboxylic acids is 1. The van der Waals surface area contributed by atoms with Gasteiger partial charge in [-0.2, -0.15) is 5.26 Å². The summed E-state index contributed by atoms with van der Waals surface area (Å²) in [6.07, 6.45) is 8.26. The number of esters is 1. The van der Waals surface area contributed by atoms with Crippen LogP contribution in [0.15, 0.2) is 23.3 Å². The third-order valence-corrected chi connectivity index (χ3v) is 12.7. The lowest BCUT2D eigenvalue weighted by Crippen LogP contribution is -2.66. The molecule has 0 aliphatic heterocycles. The Hall–Kier alpha value is -2.75. The lowest BCUT2D eigenvalue weighted by molar-refractivity contribution is -0.189. The molecule has 0 aromatic rings. The van der Waals surface area contributed by atoms with Crippen LogP contribution >= 0.6 is 0 Å². The molecule has 5 aliphatic rings. The van der Waals surface area contributed by atoms with E-state index < -0.39 is 44.9 Å². The predicted octanol–water partition coefficient (Wildman–Crippen LogP) is 5.83.